The minimum atomic E-state index is -6.00. The molecule has 0 radical (unpaired) electrons. The Balaban J connectivity index is 0.000000641. The molecule has 3 aromatic carbocycles. The van der Waals surface area contributed by atoms with Crippen LogP contribution in [0.1, 0.15) is 50.1 Å². The maximum absolute atomic E-state index is 16.6. The normalized spacial score (nSPS) is 11.6. The van der Waals surface area contributed by atoms with Crippen molar-refractivity contribution in [2.75, 3.05) is 0 Å². The molecule has 0 saturated carbocycles. The number of hydrogen-bond donors (Lipinski definition) is 0. The molecule has 0 amide bonds. The van der Waals surface area contributed by atoms with Crippen molar-refractivity contribution in [2.45, 2.75) is 0 Å². The van der Waals surface area contributed by atoms with Crippen LogP contribution >= 0.6 is 0 Å². The first kappa shape index (κ1) is 73.0. The summed E-state index contributed by atoms with van der Waals surface area (Å²) in [6.07, 6.45) is 0. The van der Waals surface area contributed by atoms with Gasteiger partial charge >= 0.3 is 55.1 Å². The fourth-order valence-corrected chi connectivity index (χ4v) is 13.7. The van der Waals surface area contributed by atoms with Crippen molar-refractivity contribution >= 4 is 21.8 Å². The van der Waals surface area contributed by atoms with Gasteiger partial charge in [0, 0.05) is 46.4 Å². The molecule has 12 aliphatic rings. The molecular weight excluding hydrogens is 1390 g/mol. The van der Waals surface area contributed by atoms with Crippen LogP contribution < -0.4 is 33.4 Å². The number of fused-ring (bicyclic) bond motifs is 6. The van der Waals surface area contributed by atoms with E-state index in [0.29, 0.717) is 95.6 Å². The fourth-order valence-electron chi connectivity index (χ4n) is 13.7. The monoisotopic (exact) mass is 1440 g/mol. The summed E-state index contributed by atoms with van der Waals surface area (Å²) in [7, 11) is -11.2. The van der Waals surface area contributed by atoms with Gasteiger partial charge in [0.25, 0.3) is 0 Å². The summed E-state index contributed by atoms with van der Waals surface area (Å²) in [5, 5.41) is 0. The van der Waals surface area contributed by atoms with Crippen molar-refractivity contribution in [1.29, 1.82) is 0 Å². The quantitative estimate of drug-likeness (QED) is 0.0720. The van der Waals surface area contributed by atoms with E-state index in [0.717, 1.165) is 0 Å². The first-order valence-electron chi connectivity index (χ1n) is 32.5. The van der Waals surface area contributed by atoms with E-state index < -0.39 is 55.1 Å². The second kappa shape index (κ2) is 29.2. The second-order valence-corrected chi connectivity index (χ2v) is 24.3. The molecular formula is C79H55B3F12N6O6. The molecule has 15 rings (SSSR count). The number of nitrogens with zero attached hydrogens (tertiary/aromatic N) is 6. The predicted octanol–water partition coefficient (Wildman–Crippen LogP) is 16.4. The summed E-state index contributed by atoms with van der Waals surface area (Å²) in [4.78, 5) is 96.6. The van der Waals surface area contributed by atoms with Gasteiger partial charge in [-0.2, -0.15) is 0 Å². The highest BCUT2D eigenvalue weighted by atomic mass is 19.5. The number of benzene rings is 3. The van der Waals surface area contributed by atoms with E-state index in [1.165, 1.54) is 0 Å². The molecule has 27 heteroatoms. The van der Waals surface area contributed by atoms with Crippen LogP contribution in [-0.2, 0) is 28.2 Å². The van der Waals surface area contributed by atoms with Crippen LogP contribution in [0.15, 0.2) is 290 Å². The summed E-state index contributed by atoms with van der Waals surface area (Å²) in [6, 6.07) is 80.3. The maximum atomic E-state index is 16.6. The summed E-state index contributed by atoms with van der Waals surface area (Å²) < 4.78 is 127. The highest BCUT2D eigenvalue weighted by Crippen LogP contribution is 2.48. The number of halogens is 12. The lowest BCUT2D eigenvalue weighted by Crippen LogP contribution is -2.27. The minimum Gasteiger partial charge on any atom is -0.418 e. The third kappa shape index (κ3) is 14.4. The topological polar surface area (TPSA) is 132 Å². The SMILES string of the molecule is Cn1c2cccccc-2c([C+](c2cc([C+](c3c4cccccc-4n(C)c3=O)c3c4cccccc-4n(C)c3=O)cc([C+](c3c4cccccc-4n(-c4ccccc4)c3=O)c3c4cccccc-4n(-c4ccccc4)c3=O)c2)c2c3cccccc-3n(C)c2=O)c1=O.F[B-](F)(F)F.F[B-](F)(F)F.F[B-](F)(F)F. The lowest BCUT2D eigenvalue weighted by Gasteiger charge is -2.19. The van der Waals surface area contributed by atoms with Gasteiger partial charge in [-0.3, -0.25) is 18.3 Å². The van der Waals surface area contributed by atoms with Gasteiger partial charge in [0.2, 0.25) is 0 Å². The molecule has 0 atom stereocenters. The van der Waals surface area contributed by atoms with Gasteiger partial charge in [0.05, 0.1) is 113 Å². The lowest BCUT2D eigenvalue weighted by molar-refractivity contribution is 0.366. The summed E-state index contributed by atoms with van der Waals surface area (Å²) >= 11 is 0. The van der Waals surface area contributed by atoms with E-state index in [-0.39, 0.29) is 51.1 Å². The molecule has 6 aliphatic carbocycles. The molecule has 0 saturated heterocycles. The maximum Gasteiger partial charge on any atom is 0.673 e. The minimum absolute atomic E-state index is 0.170. The zero-order chi connectivity index (χ0) is 75.8. The van der Waals surface area contributed by atoms with E-state index in [2.05, 4.69) is 0 Å². The first-order valence-corrected chi connectivity index (χ1v) is 32.5. The van der Waals surface area contributed by atoms with Crippen molar-refractivity contribution < 1.29 is 51.8 Å². The number of rotatable bonds is 11. The Labute approximate surface area is 596 Å². The van der Waals surface area contributed by atoms with Gasteiger partial charge in [0.15, 0.2) is 0 Å². The standard InChI is InChI=1S/C79H55N6O6.3BF4/c1-80-59-39-23-7-17-33-53(59)68(74(80)86)65(69-54-34-18-8-24-40-60(54)81(2)75(69)87)48-45-49(66(70-55-35-19-9-25-41-61(55)82(3)76(70)88)71-56-36-20-10-26-42-62(56)83(4)77(71)89)47-50(46-48)67(72-57-37-21-11-27-43-63(57)84(78(72)90)51-29-13-5-14-30-51)73-58-38-22-12-28-44-64(58)85(79(73)91)52-31-15-6-16-32-52;3*2-1(3,4)5/h5-47H,1-4H3;;;/q+3;3*-1. The van der Waals surface area contributed by atoms with Crippen LogP contribution in [0.3, 0.4) is 0 Å². The first-order chi connectivity index (χ1) is 50.4. The van der Waals surface area contributed by atoms with E-state index in [1.54, 1.807) is 55.6 Å². The highest BCUT2D eigenvalue weighted by Gasteiger charge is 2.47. The van der Waals surface area contributed by atoms with E-state index >= 15 is 28.8 Å². The Bertz CT molecular complexity index is 5370. The van der Waals surface area contributed by atoms with Crippen molar-refractivity contribution in [3.8, 4) is 78.9 Å². The van der Waals surface area contributed by atoms with E-state index in [1.807, 2.05) is 261 Å². The molecule has 0 bridgehead atoms. The summed E-state index contributed by atoms with van der Waals surface area (Å²) in [5.74, 6) is 0.694. The highest BCUT2D eigenvalue weighted by molar-refractivity contribution is 6.50. The van der Waals surface area contributed by atoms with Gasteiger partial charge in [-0.15, -0.1) is 0 Å². The Morgan fingerprint density at radius 3 is 0.594 bits per heavy atom. The molecule has 0 aromatic heterocycles. The van der Waals surface area contributed by atoms with Crippen molar-refractivity contribution in [3.63, 3.8) is 0 Å². The van der Waals surface area contributed by atoms with Crippen molar-refractivity contribution in [2.24, 2.45) is 28.2 Å². The van der Waals surface area contributed by atoms with Crippen LogP contribution in [0.25, 0.3) is 78.9 Å². The van der Waals surface area contributed by atoms with Gasteiger partial charge in [-0.05, 0) is 97.1 Å². The van der Waals surface area contributed by atoms with Gasteiger partial charge < -0.3 is 51.8 Å². The molecule has 0 spiro atoms. The molecule has 530 valence electrons. The Kier molecular flexibility index (Phi) is 20.1. The van der Waals surface area contributed by atoms with Gasteiger partial charge in [0.1, 0.15) is 33.4 Å². The van der Waals surface area contributed by atoms with Crippen LogP contribution in [0, 0.1) is 17.8 Å². The summed E-state index contributed by atoms with van der Waals surface area (Å²) in [5.41, 5.74) is 7.34. The Hall–Kier alpha value is -12.8. The third-order valence-electron chi connectivity index (χ3n) is 17.9. The van der Waals surface area contributed by atoms with Crippen molar-refractivity contribution in [3.05, 3.63) is 391 Å². The number of para-hydroxylation sites is 2. The molecule has 12 nitrogen and oxygen atoms in total. The van der Waals surface area contributed by atoms with E-state index in [9.17, 15) is 51.8 Å². The van der Waals surface area contributed by atoms with Crippen LogP contribution in [0.2, 0.25) is 0 Å². The van der Waals surface area contributed by atoms with Crippen molar-refractivity contribution in [1.82, 2.24) is 27.4 Å². The molecule has 6 aliphatic heterocycles. The van der Waals surface area contributed by atoms with Crippen LogP contribution in [-0.4, -0.2) is 49.2 Å². The lowest BCUT2D eigenvalue weighted by atomic mass is 9.75. The number of hydrogen-bond acceptors (Lipinski definition) is 6. The fraction of sp³-hybridized carbons (Fsp3) is 0.0506. The van der Waals surface area contributed by atoms with Crippen LogP contribution in [0.4, 0.5) is 51.8 Å². The zero-order valence-corrected chi connectivity index (χ0v) is 56.2. The Morgan fingerprint density at radius 2 is 0.387 bits per heavy atom. The van der Waals surface area contributed by atoms with Crippen LogP contribution in [0.5, 0.6) is 0 Å². The second-order valence-electron chi connectivity index (χ2n) is 24.3. The molecule has 3 aromatic rings. The average molecular weight is 1440 g/mol. The number of aromatic nitrogens is 6. The predicted molar refractivity (Wildman–Crippen MR) is 389 cm³/mol. The molecule has 0 fully saturated rings. The average Bonchev–Trinajstić information content (AvgIpc) is 1.55. The molecule has 6 heterocycles. The van der Waals surface area contributed by atoms with Gasteiger partial charge in [-0.25, -0.2) is 37.9 Å². The molecule has 0 N–H and O–H groups in total. The summed E-state index contributed by atoms with van der Waals surface area (Å²) in [6.45, 7) is 0. The zero-order valence-electron chi connectivity index (χ0n) is 56.2. The largest absolute Gasteiger partial charge is 0.673 e. The Morgan fingerprint density at radius 1 is 0.226 bits per heavy atom. The van der Waals surface area contributed by atoms with Gasteiger partial charge in [-0.1, -0.05) is 146 Å². The third-order valence-corrected chi connectivity index (χ3v) is 17.9. The molecule has 0 unspecified atom stereocenters. The van der Waals surface area contributed by atoms with E-state index in [4.69, 9.17) is 0 Å². The molecule has 106 heavy (non-hydrogen) atoms. The smallest absolute Gasteiger partial charge is 0.418 e.